The van der Waals surface area contributed by atoms with Crippen LogP contribution in [-0.2, 0) is 42.2 Å². The number of rotatable bonds is 7. The van der Waals surface area contributed by atoms with Gasteiger partial charge in [0.05, 0.1) is 27.5 Å². The van der Waals surface area contributed by atoms with Crippen LogP contribution in [0.4, 0.5) is 13.2 Å². The summed E-state index contributed by atoms with van der Waals surface area (Å²) in [6, 6.07) is 13.3. The first kappa shape index (κ1) is 33.0. The Kier molecular flexibility index (Phi) is 12.3. The van der Waals surface area contributed by atoms with Gasteiger partial charge >= 0.3 is 6.18 Å². The Morgan fingerprint density at radius 2 is 1.52 bits per heavy atom. The molecular weight excluding hydrogens is 539 g/mol. The average molecular weight is 578 g/mol. The van der Waals surface area contributed by atoms with Gasteiger partial charge in [-0.25, -0.2) is 8.42 Å². The van der Waals surface area contributed by atoms with E-state index >= 15 is 0 Å². The molecule has 0 bridgehead atoms. The van der Waals surface area contributed by atoms with Gasteiger partial charge < -0.3 is 5.32 Å². The molecule has 0 fully saturated rings. The SMILES string of the molecule is CC.CCC.CCS(=O)(=O)c1ccc(CNC(=O)c2cnc3c(c2)CN(Cc2ccc(C(F)(F)F)cc2)C3)cc1. The molecule has 1 aliphatic heterocycles. The molecule has 2 heterocycles. The predicted molar refractivity (Wildman–Crippen MR) is 151 cm³/mol. The van der Waals surface area contributed by atoms with Crippen molar-refractivity contribution in [1.82, 2.24) is 15.2 Å². The number of pyridine rings is 1. The maximum Gasteiger partial charge on any atom is 0.416 e. The molecule has 40 heavy (non-hydrogen) atoms. The highest BCUT2D eigenvalue weighted by atomic mass is 32.2. The first-order chi connectivity index (χ1) is 19.0. The van der Waals surface area contributed by atoms with E-state index in [1.807, 2.05) is 18.7 Å². The van der Waals surface area contributed by atoms with Gasteiger partial charge in [-0.15, -0.1) is 0 Å². The van der Waals surface area contributed by atoms with Gasteiger partial charge in [0.1, 0.15) is 0 Å². The van der Waals surface area contributed by atoms with E-state index in [9.17, 15) is 26.4 Å². The summed E-state index contributed by atoms with van der Waals surface area (Å²) in [5.41, 5.74) is 3.00. The smallest absolute Gasteiger partial charge is 0.348 e. The summed E-state index contributed by atoms with van der Waals surface area (Å²) >= 11 is 0. The van der Waals surface area contributed by atoms with E-state index in [-0.39, 0.29) is 23.1 Å². The molecule has 0 aliphatic carbocycles. The molecule has 0 radical (unpaired) electrons. The predicted octanol–water partition coefficient (Wildman–Crippen LogP) is 6.78. The number of amides is 1. The second-order valence-corrected chi connectivity index (χ2v) is 11.4. The Morgan fingerprint density at radius 3 is 2.08 bits per heavy atom. The first-order valence-corrected chi connectivity index (χ1v) is 15.1. The van der Waals surface area contributed by atoms with E-state index in [1.54, 1.807) is 25.1 Å². The summed E-state index contributed by atoms with van der Waals surface area (Å²) in [6.07, 6.45) is -1.60. The van der Waals surface area contributed by atoms with Gasteiger partial charge in [-0.3, -0.25) is 14.7 Å². The van der Waals surface area contributed by atoms with E-state index in [1.165, 1.54) is 36.9 Å². The number of alkyl halides is 3. The van der Waals surface area contributed by atoms with Gasteiger partial charge in [-0.05, 0) is 47.0 Å². The lowest BCUT2D eigenvalue weighted by Gasteiger charge is -2.15. The quantitative estimate of drug-likeness (QED) is 0.335. The minimum absolute atomic E-state index is 0.0240. The van der Waals surface area contributed by atoms with Crippen LogP contribution >= 0.6 is 0 Å². The highest BCUT2D eigenvalue weighted by Crippen LogP contribution is 2.30. The number of hydrogen-bond acceptors (Lipinski definition) is 5. The molecular formula is C30H38F3N3O3S. The zero-order valence-corrected chi connectivity index (χ0v) is 24.5. The molecule has 2 aromatic carbocycles. The Balaban J connectivity index is 0.00000105. The van der Waals surface area contributed by atoms with Crippen LogP contribution in [0.25, 0.3) is 0 Å². The molecule has 1 aliphatic rings. The number of hydrogen-bond donors (Lipinski definition) is 1. The van der Waals surface area contributed by atoms with Crippen molar-refractivity contribution >= 4 is 15.7 Å². The van der Waals surface area contributed by atoms with Crippen LogP contribution in [0.1, 0.15) is 79.3 Å². The summed E-state index contributed by atoms with van der Waals surface area (Å²) in [7, 11) is -3.27. The number of halogens is 3. The van der Waals surface area contributed by atoms with Crippen LogP contribution in [-0.4, -0.2) is 30.0 Å². The van der Waals surface area contributed by atoms with Crippen LogP contribution in [0, 0.1) is 0 Å². The number of carbonyl (C=O) groups excluding carboxylic acids is 1. The zero-order chi connectivity index (χ0) is 29.9. The van der Waals surface area contributed by atoms with Crippen molar-refractivity contribution < 1.29 is 26.4 Å². The summed E-state index contributed by atoms with van der Waals surface area (Å²) in [6.45, 7) is 11.6. The normalized spacial score (nSPS) is 12.9. The number of fused-ring (bicyclic) bond motifs is 1. The molecule has 1 N–H and O–H groups in total. The van der Waals surface area contributed by atoms with Crippen LogP contribution in [0.3, 0.4) is 0 Å². The number of nitrogens with one attached hydrogen (secondary N) is 1. The lowest BCUT2D eigenvalue weighted by Crippen LogP contribution is -2.23. The summed E-state index contributed by atoms with van der Waals surface area (Å²) in [5.74, 6) is -0.275. The van der Waals surface area contributed by atoms with Gasteiger partial charge in [-0.1, -0.05) is 65.3 Å². The molecule has 1 aromatic heterocycles. The molecule has 4 rings (SSSR count). The van der Waals surface area contributed by atoms with Gasteiger partial charge in [0.15, 0.2) is 9.84 Å². The van der Waals surface area contributed by atoms with Crippen molar-refractivity contribution in [3.63, 3.8) is 0 Å². The molecule has 3 aromatic rings. The van der Waals surface area contributed by atoms with Crippen LogP contribution < -0.4 is 5.32 Å². The van der Waals surface area contributed by atoms with Gasteiger partial charge in [0, 0.05) is 32.4 Å². The summed E-state index contributed by atoms with van der Waals surface area (Å²) < 4.78 is 62.1. The standard InChI is InChI=1S/C25H24F3N3O3S.C3H8.C2H6/c1-2-35(33,34)22-9-5-17(6-10-22)12-30-24(32)19-11-20-15-31(16-23(20)29-13-19)14-18-3-7-21(8-4-18)25(26,27)28;1-3-2;1-2/h3-11,13H,2,12,14-16H2,1H3,(H,30,32);3H2,1-2H3;1-2H3. The number of nitrogens with zero attached hydrogens (tertiary/aromatic N) is 2. The summed E-state index contributed by atoms with van der Waals surface area (Å²) in [5, 5.41) is 2.81. The van der Waals surface area contributed by atoms with Crippen LogP contribution in [0.15, 0.2) is 65.7 Å². The maximum absolute atomic E-state index is 12.8. The zero-order valence-electron chi connectivity index (χ0n) is 23.7. The van der Waals surface area contributed by atoms with Crippen molar-refractivity contribution in [2.24, 2.45) is 0 Å². The number of sulfone groups is 1. The van der Waals surface area contributed by atoms with Crippen LogP contribution in [0.2, 0.25) is 0 Å². The van der Waals surface area contributed by atoms with Crippen molar-refractivity contribution in [3.05, 3.63) is 94.3 Å². The molecule has 1 amide bonds. The van der Waals surface area contributed by atoms with Crippen LogP contribution in [0.5, 0.6) is 0 Å². The number of carbonyl (C=O) groups is 1. The molecule has 218 valence electrons. The summed E-state index contributed by atoms with van der Waals surface area (Å²) in [4.78, 5) is 19.3. The highest BCUT2D eigenvalue weighted by Gasteiger charge is 2.30. The molecule has 0 unspecified atom stereocenters. The second kappa shape index (κ2) is 14.9. The van der Waals surface area contributed by atoms with Gasteiger partial charge in [-0.2, -0.15) is 13.2 Å². The monoisotopic (exact) mass is 577 g/mol. The third kappa shape index (κ3) is 9.16. The fourth-order valence-electron chi connectivity index (χ4n) is 3.89. The maximum atomic E-state index is 12.8. The lowest BCUT2D eigenvalue weighted by atomic mass is 10.1. The lowest BCUT2D eigenvalue weighted by molar-refractivity contribution is -0.137. The Morgan fingerprint density at radius 1 is 0.950 bits per heavy atom. The van der Waals surface area contributed by atoms with E-state index in [0.29, 0.717) is 25.2 Å². The van der Waals surface area contributed by atoms with Gasteiger partial charge in [0.2, 0.25) is 0 Å². The van der Waals surface area contributed by atoms with Crippen molar-refractivity contribution in [3.8, 4) is 0 Å². The molecule has 0 atom stereocenters. The van der Waals surface area contributed by atoms with E-state index in [2.05, 4.69) is 24.1 Å². The van der Waals surface area contributed by atoms with E-state index in [4.69, 9.17) is 0 Å². The Labute approximate surface area is 235 Å². The minimum atomic E-state index is -4.36. The minimum Gasteiger partial charge on any atom is -0.348 e. The largest absolute Gasteiger partial charge is 0.416 e. The third-order valence-corrected chi connectivity index (χ3v) is 7.64. The first-order valence-electron chi connectivity index (χ1n) is 13.4. The fraction of sp³-hybridized carbons (Fsp3) is 0.400. The molecule has 0 saturated carbocycles. The van der Waals surface area contributed by atoms with Crippen molar-refractivity contribution in [2.75, 3.05) is 5.75 Å². The van der Waals surface area contributed by atoms with E-state index in [0.717, 1.165) is 34.5 Å². The molecule has 6 nitrogen and oxygen atoms in total. The topological polar surface area (TPSA) is 79.4 Å². The highest BCUT2D eigenvalue weighted by molar-refractivity contribution is 7.91. The molecule has 10 heteroatoms. The Bertz CT molecular complexity index is 1340. The number of benzene rings is 2. The third-order valence-electron chi connectivity index (χ3n) is 5.89. The second-order valence-electron chi connectivity index (χ2n) is 9.11. The van der Waals surface area contributed by atoms with Crippen molar-refractivity contribution in [1.29, 1.82) is 0 Å². The van der Waals surface area contributed by atoms with E-state index < -0.39 is 21.6 Å². The number of aromatic nitrogens is 1. The van der Waals surface area contributed by atoms with Crippen molar-refractivity contribution in [2.45, 2.75) is 78.3 Å². The van der Waals surface area contributed by atoms with Gasteiger partial charge in [0.25, 0.3) is 5.91 Å². The average Bonchev–Trinajstić information content (AvgIpc) is 3.35. The molecule has 0 saturated heterocycles. The molecule has 0 spiro atoms. The fourth-order valence-corrected chi connectivity index (χ4v) is 4.77. The Hall–Kier alpha value is -3.24.